The summed E-state index contributed by atoms with van der Waals surface area (Å²) in [6, 6.07) is 32.8. The van der Waals surface area contributed by atoms with Crippen LogP contribution in [0.4, 0.5) is 0 Å². The molecule has 2 radical (unpaired) electrons. The molecule has 0 aromatic heterocycles. The summed E-state index contributed by atoms with van der Waals surface area (Å²) < 4.78 is 4.50. The van der Waals surface area contributed by atoms with E-state index in [1.165, 1.54) is 28.9 Å². The standard InChI is InChI=1S/C18H15Ge.C6H15Ge/c1-4-10-16(11-5-1)19(17-12-6-2-7-13-17)18-14-8-3-9-15-18;1-4-7(5-2)6-3/h1-15H;4-6H2,1-3H3. The van der Waals surface area contributed by atoms with Gasteiger partial charge in [-0.1, -0.05) is 0 Å². The van der Waals surface area contributed by atoms with E-state index in [0.29, 0.717) is 0 Å². The van der Waals surface area contributed by atoms with Crippen LogP contribution >= 0.6 is 0 Å². The molecule has 0 heterocycles. The van der Waals surface area contributed by atoms with Crippen molar-refractivity contribution >= 4 is 41.9 Å². The Bertz CT molecular complexity index is 608. The van der Waals surface area contributed by atoms with Crippen molar-refractivity contribution in [3.63, 3.8) is 0 Å². The third kappa shape index (κ3) is 6.48. The van der Waals surface area contributed by atoms with Crippen LogP contribution in [0.3, 0.4) is 0 Å². The molecule has 0 unspecified atom stereocenters. The maximum atomic E-state index is 2.34. The zero-order valence-electron chi connectivity index (χ0n) is 16.3. The molecule has 3 rings (SSSR count). The second-order valence-corrected chi connectivity index (χ2v) is 19.1. The zero-order valence-corrected chi connectivity index (χ0v) is 20.5. The number of benzene rings is 3. The second kappa shape index (κ2) is 12.2. The van der Waals surface area contributed by atoms with Gasteiger partial charge in [0.25, 0.3) is 0 Å². The minimum absolute atomic E-state index is 0.403. The summed E-state index contributed by atoms with van der Waals surface area (Å²) in [5.41, 5.74) is 0. The first-order valence-electron chi connectivity index (χ1n) is 9.66. The van der Waals surface area contributed by atoms with Gasteiger partial charge in [0.2, 0.25) is 0 Å². The van der Waals surface area contributed by atoms with Crippen LogP contribution < -0.4 is 13.2 Å². The average molecular weight is 464 g/mol. The van der Waals surface area contributed by atoms with Crippen molar-refractivity contribution in [1.82, 2.24) is 0 Å². The molecule has 3 aromatic rings. The predicted octanol–water partition coefficient (Wildman–Crippen LogP) is 4.74. The van der Waals surface area contributed by atoms with Crippen molar-refractivity contribution in [2.45, 2.75) is 36.5 Å². The van der Waals surface area contributed by atoms with E-state index in [1.807, 2.05) is 0 Å². The van der Waals surface area contributed by atoms with Crippen LogP contribution in [0.5, 0.6) is 0 Å². The molecule has 0 N–H and O–H groups in total. The van der Waals surface area contributed by atoms with E-state index < -0.39 is 28.7 Å². The SMILES string of the molecule is C[CH2][Ge]([CH2]C)[CH2]C.c1cc[c]([Ge]([c]2ccccc2)[c]2ccccc2)cc1. The molecule has 0 amide bonds. The van der Waals surface area contributed by atoms with Crippen molar-refractivity contribution in [2.24, 2.45) is 0 Å². The Morgan fingerprint density at radius 3 is 0.923 bits per heavy atom. The summed E-state index contributed by atoms with van der Waals surface area (Å²) in [5.74, 6) is 0. The first-order chi connectivity index (χ1) is 12.8. The molecule has 0 saturated carbocycles. The van der Waals surface area contributed by atoms with E-state index >= 15 is 0 Å². The Kier molecular flexibility index (Phi) is 9.87. The molecule has 0 aliphatic rings. The van der Waals surface area contributed by atoms with Crippen LogP contribution in [0.25, 0.3) is 0 Å². The van der Waals surface area contributed by atoms with E-state index in [4.69, 9.17) is 0 Å². The van der Waals surface area contributed by atoms with Gasteiger partial charge < -0.3 is 0 Å². The van der Waals surface area contributed by atoms with E-state index in [1.54, 1.807) is 0 Å². The zero-order chi connectivity index (χ0) is 18.6. The van der Waals surface area contributed by atoms with Crippen LogP contribution in [0, 0.1) is 0 Å². The van der Waals surface area contributed by atoms with E-state index in [0.717, 1.165) is 0 Å². The number of hydrogen-bond donors (Lipinski definition) is 0. The van der Waals surface area contributed by atoms with Crippen LogP contribution in [0.2, 0.25) is 15.8 Å². The third-order valence-electron chi connectivity index (χ3n) is 4.69. The van der Waals surface area contributed by atoms with Gasteiger partial charge in [-0.05, 0) is 0 Å². The van der Waals surface area contributed by atoms with Gasteiger partial charge in [-0.2, -0.15) is 0 Å². The molecular weight excluding hydrogens is 433 g/mol. The van der Waals surface area contributed by atoms with Crippen LogP contribution in [0.15, 0.2) is 91.0 Å². The topological polar surface area (TPSA) is 0 Å². The maximum absolute atomic E-state index is 2.34. The van der Waals surface area contributed by atoms with Crippen LogP contribution in [-0.2, 0) is 0 Å². The van der Waals surface area contributed by atoms with Gasteiger partial charge in [0.05, 0.1) is 0 Å². The summed E-state index contributed by atoms with van der Waals surface area (Å²) in [4.78, 5) is 0. The molecule has 2 heteroatoms. The van der Waals surface area contributed by atoms with Crippen molar-refractivity contribution in [1.29, 1.82) is 0 Å². The summed E-state index contributed by atoms with van der Waals surface area (Å²) in [6.07, 6.45) is 0. The molecule has 0 atom stereocenters. The normalized spacial score (nSPS) is 10.5. The Labute approximate surface area is 168 Å². The Balaban J connectivity index is 0.000000298. The molecule has 26 heavy (non-hydrogen) atoms. The molecule has 0 spiro atoms. The van der Waals surface area contributed by atoms with Gasteiger partial charge in [-0.25, -0.2) is 0 Å². The summed E-state index contributed by atoms with van der Waals surface area (Å²) in [5, 5.41) is 4.56. The molecule has 134 valence electrons. The van der Waals surface area contributed by atoms with Gasteiger partial charge in [0, 0.05) is 0 Å². The van der Waals surface area contributed by atoms with Gasteiger partial charge in [0.1, 0.15) is 0 Å². The molecule has 0 bridgehead atoms. The van der Waals surface area contributed by atoms with Crippen molar-refractivity contribution in [3.05, 3.63) is 91.0 Å². The van der Waals surface area contributed by atoms with Crippen molar-refractivity contribution in [2.75, 3.05) is 0 Å². The molecule has 0 fully saturated rings. The second-order valence-electron chi connectivity index (χ2n) is 6.28. The predicted molar refractivity (Wildman–Crippen MR) is 121 cm³/mol. The molecule has 3 aromatic carbocycles. The fourth-order valence-corrected chi connectivity index (χ4v) is 11.6. The van der Waals surface area contributed by atoms with Gasteiger partial charge in [-0.15, -0.1) is 0 Å². The molecule has 0 saturated heterocycles. The van der Waals surface area contributed by atoms with Gasteiger partial charge in [-0.3, -0.25) is 0 Å². The van der Waals surface area contributed by atoms with E-state index in [9.17, 15) is 0 Å². The average Bonchev–Trinajstić information content (AvgIpc) is 2.72. The van der Waals surface area contributed by atoms with Gasteiger partial charge >= 0.3 is 169 Å². The first kappa shape index (κ1) is 21.1. The van der Waals surface area contributed by atoms with E-state index in [-0.39, 0.29) is 0 Å². The quantitative estimate of drug-likeness (QED) is 0.463. The number of rotatable bonds is 6. The summed E-state index contributed by atoms with van der Waals surface area (Å²) in [6.45, 7) is 7.01. The van der Waals surface area contributed by atoms with E-state index in [2.05, 4.69) is 112 Å². The first-order valence-corrected chi connectivity index (χ1v) is 17.3. The minimum atomic E-state index is -1.63. The van der Waals surface area contributed by atoms with Gasteiger partial charge in [0.15, 0.2) is 0 Å². The third-order valence-corrected chi connectivity index (χ3v) is 16.7. The van der Waals surface area contributed by atoms with Crippen molar-refractivity contribution in [3.8, 4) is 0 Å². The van der Waals surface area contributed by atoms with Crippen molar-refractivity contribution < 1.29 is 0 Å². The summed E-state index contributed by atoms with van der Waals surface area (Å²) >= 11 is -2.04. The Morgan fingerprint density at radius 1 is 0.462 bits per heavy atom. The monoisotopic (exact) mass is 466 g/mol. The molecule has 0 aliphatic heterocycles. The molecular formula is C24H30Ge2. The fraction of sp³-hybridized carbons (Fsp3) is 0.250. The summed E-state index contributed by atoms with van der Waals surface area (Å²) in [7, 11) is 0. The Morgan fingerprint density at radius 2 is 0.731 bits per heavy atom. The Hall–Kier alpha value is -1.25. The molecule has 0 aliphatic carbocycles. The number of hydrogen-bond acceptors (Lipinski definition) is 0. The fourth-order valence-electron chi connectivity index (χ4n) is 3.06. The molecule has 0 nitrogen and oxygen atoms in total. The van der Waals surface area contributed by atoms with Crippen LogP contribution in [-0.4, -0.2) is 28.7 Å². The van der Waals surface area contributed by atoms with Crippen LogP contribution in [0.1, 0.15) is 20.8 Å².